The Morgan fingerprint density at radius 1 is 1.00 bits per heavy atom. The summed E-state index contributed by atoms with van der Waals surface area (Å²) in [6, 6.07) is 24.1. The minimum absolute atomic E-state index is 0.223. The van der Waals surface area contributed by atoms with Gasteiger partial charge in [-0.25, -0.2) is 4.39 Å². The normalized spacial score (nSPS) is 12.0. The highest BCUT2D eigenvalue weighted by Crippen LogP contribution is 2.26. The molecule has 4 aromatic rings. The van der Waals surface area contributed by atoms with Crippen LogP contribution in [0.15, 0.2) is 83.9 Å². The number of hydrogen-bond donors (Lipinski definition) is 0. The molecule has 0 aliphatic carbocycles. The first-order valence-corrected chi connectivity index (χ1v) is 10.5. The van der Waals surface area contributed by atoms with Crippen LogP contribution < -0.4 is 4.80 Å². The summed E-state index contributed by atoms with van der Waals surface area (Å²) in [5.74, 6) is -0.986. The van der Waals surface area contributed by atoms with E-state index in [1.54, 1.807) is 6.07 Å². The molecule has 0 radical (unpaired) electrons. The smallest absolute Gasteiger partial charge is 0.260 e. The highest BCUT2D eigenvalue weighted by atomic mass is 32.1. The standard InChI is InChI=1S/C24H21FN2OS/c1-2-15-27-20-14-13-19(25)16-21(20)29-24(27)26-23(28)22(17-9-5-3-6-10-17)18-11-7-4-8-12-18/h3-14,16,22H,2,15H2,1H3. The lowest BCUT2D eigenvalue weighted by Gasteiger charge is -2.14. The number of carbonyl (C=O) groups is 1. The summed E-state index contributed by atoms with van der Waals surface area (Å²) < 4.78 is 16.5. The van der Waals surface area contributed by atoms with Crippen molar-refractivity contribution in [2.24, 2.45) is 4.99 Å². The lowest BCUT2D eigenvalue weighted by Crippen LogP contribution is -2.20. The van der Waals surface area contributed by atoms with E-state index in [1.807, 2.05) is 65.2 Å². The van der Waals surface area contributed by atoms with Crippen LogP contribution in [0.25, 0.3) is 10.2 Å². The maximum Gasteiger partial charge on any atom is 0.260 e. The van der Waals surface area contributed by atoms with Gasteiger partial charge in [0.1, 0.15) is 5.82 Å². The highest BCUT2D eigenvalue weighted by molar-refractivity contribution is 7.16. The maximum atomic E-state index is 13.7. The molecule has 0 unspecified atom stereocenters. The van der Waals surface area contributed by atoms with Crippen molar-refractivity contribution >= 4 is 27.5 Å². The Kier molecular flexibility index (Phi) is 5.67. The topological polar surface area (TPSA) is 34.4 Å². The summed E-state index contributed by atoms with van der Waals surface area (Å²) in [4.78, 5) is 18.5. The van der Waals surface area contributed by atoms with Gasteiger partial charge in [0.25, 0.3) is 5.91 Å². The Balaban J connectivity index is 1.85. The quantitative estimate of drug-likeness (QED) is 0.432. The second-order valence-corrected chi connectivity index (χ2v) is 7.86. The number of aromatic nitrogens is 1. The summed E-state index contributed by atoms with van der Waals surface area (Å²) in [6.07, 6.45) is 0.894. The van der Waals surface area contributed by atoms with Gasteiger partial charge in [-0.15, -0.1) is 0 Å². The van der Waals surface area contributed by atoms with Crippen molar-refractivity contribution < 1.29 is 9.18 Å². The molecule has 0 atom stereocenters. The number of aryl methyl sites for hydroxylation is 1. The fraction of sp³-hybridized carbons (Fsp3) is 0.167. The van der Waals surface area contributed by atoms with E-state index in [0.717, 1.165) is 34.3 Å². The fourth-order valence-corrected chi connectivity index (χ4v) is 4.59. The molecule has 4 rings (SSSR count). The molecule has 146 valence electrons. The Morgan fingerprint density at radius 2 is 1.62 bits per heavy atom. The molecule has 3 nitrogen and oxygen atoms in total. The van der Waals surface area contributed by atoms with Crippen molar-refractivity contribution in [3.8, 4) is 0 Å². The van der Waals surface area contributed by atoms with E-state index in [0.29, 0.717) is 4.80 Å². The highest BCUT2D eigenvalue weighted by Gasteiger charge is 2.22. The van der Waals surface area contributed by atoms with Crippen molar-refractivity contribution in [2.45, 2.75) is 25.8 Å². The minimum atomic E-state index is -0.477. The van der Waals surface area contributed by atoms with Crippen LogP contribution in [-0.4, -0.2) is 10.5 Å². The fourth-order valence-electron chi connectivity index (χ4n) is 3.50. The number of halogens is 1. The number of nitrogens with zero attached hydrogens (tertiary/aromatic N) is 2. The third-order valence-corrected chi connectivity index (χ3v) is 5.85. The summed E-state index contributed by atoms with van der Waals surface area (Å²) in [6.45, 7) is 2.79. The van der Waals surface area contributed by atoms with Crippen LogP contribution in [0.3, 0.4) is 0 Å². The van der Waals surface area contributed by atoms with Gasteiger partial charge < -0.3 is 4.57 Å². The average molecular weight is 405 g/mol. The van der Waals surface area contributed by atoms with Crippen molar-refractivity contribution in [3.05, 3.63) is 101 Å². The summed E-state index contributed by atoms with van der Waals surface area (Å²) >= 11 is 1.35. The van der Waals surface area contributed by atoms with E-state index in [1.165, 1.54) is 23.5 Å². The average Bonchev–Trinajstić information content (AvgIpc) is 3.06. The van der Waals surface area contributed by atoms with Crippen molar-refractivity contribution in [1.29, 1.82) is 0 Å². The van der Waals surface area contributed by atoms with Gasteiger partial charge >= 0.3 is 0 Å². The van der Waals surface area contributed by atoms with Crippen LogP contribution in [-0.2, 0) is 11.3 Å². The van der Waals surface area contributed by atoms with Crippen molar-refractivity contribution in [1.82, 2.24) is 4.57 Å². The molecule has 0 saturated carbocycles. The van der Waals surface area contributed by atoms with Crippen LogP contribution in [0, 0.1) is 5.82 Å². The number of benzene rings is 3. The molecule has 0 fully saturated rings. The number of hydrogen-bond acceptors (Lipinski definition) is 2. The summed E-state index contributed by atoms with van der Waals surface area (Å²) in [5.41, 5.74) is 2.71. The molecule has 29 heavy (non-hydrogen) atoms. The van der Waals surface area contributed by atoms with E-state index < -0.39 is 5.92 Å². The Hall–Kier alpha value is -3.05. The first-order chi connectivity index (χ1) is 14.2. The molecule has 1 heterocycles. The van der Waals surface area contributed by atoms with Crippen LogP contribution >= 0.6 is 11.3 Å². The zero-order chi connectivity index (χ0) is 20.2. The first-order valence-electron chi connectivity index (χ1n) is 9.64. The van der Waals surface area contributed by atoms with Crippen molar-refractivity contribution in [2.75, 3.05) is 0 Å². The number of rotatable bonds is 5. The number of amides is 1. The Morgan fingerprint density at radius 3 is 2.21 bits per heavy atom. The van der Waals surface area contributed by atoms with Gasteiger partial charge in [0.2, 0.25) is 0 Å². The molecule has 5 heteroatoms. The third kappa shape index (κ3) is 4.05. The summed E-state index contributed by atoms with van der Waals surface area (Å²) in [7, 11) is 0. The number of carbonyl (C=O) groups excluding carboxylic acids is 1. The van der Waals surface area contributed by atoms with Crippen molar-refractivity contribution in [3.63, 3.8) is 0 Å². The monoisotopic (exact) mass is 404 g/mol. The van der Waals surface area contributed by atoms with Crippen LogP contribution in [0.5, 0.6) is 0 Å². The lowest BCUT2D eigenvalue weighted by molar-refractivity contribution is -0.118. The molecule has 0 aliphatic rings. The van der Waals surface area contributed by atoms with E-state index >= 15 is 0 Å². The summed E-state index contributed by atoms with van der Waals surface area (Å²) in [5, 5.41) is 0. The molecular formula is C24H21FN2OS. The van der Waals surface area contributed by atoms with Gasteiger partial charge in [0.15, 0.2) is 4.80 Å². The zero-order valence-electron chi connectivity index (χ0n) is 16.1. The van der Waals surface area contributed by atoms with Gasteiger partial charge in [-0.1, -0.05) is 78.9 Å². The molecule has 0 spiro atoms. The maximum absolute atomic E-state index is 13.7. The predicted octanol–water partition coefficient (Wildman–Crippen LogP) is 5.51. The SMILES string of the molecule is CCCn1c(=NC(=O)C(c2ccccc2)c2ccccc2)sc2cc(F)ccc21. The largest absolute Gasteiger partial charge is 0.316 e. The van der Waals surface area contributed by atoms with Gasteiger partial charge in [-0.2, -0.15) is 4.99 Å². The molecule has 0 aliphatic heterocycles. The van der Waals surface area contributed by atoms with Crippen LogP contribution in [0.1, 0.15) is 30.4 Å². The minimum Gasteiger partial charge on any atom is -0.316 e. The second-order valence-electron chi connectivity index (χ2n) is 6.85. The van der Waals surface area contributed by atoms with Gasteiger partial charge in [0.05, 0.1) is 16.1 Å². The van der Waals surface area contributed by atoms with Gasteiger partial charge in [0, 0.05) is 6.54 Å². The first kappa shape index (κ1) is 19.3. The van der Waals surface area contributed by atoms with Gasteiger partial charge in [-0.3, -0.25) is 4.79 Å². The van der Waals surface area contributed by atoms with Gasteiger partial charge in [-0.05, 0) is 35.7 Å². The van der Waals surface area contributed by atoms with E-state index in [4.69, 9.17) is 0 Å². The van der Waals surface area contributed by atoms with E-state index in [2.05, 4.69) is 11.9 Å². The second kappa shape index (κ2) is 8.53. The number of thiazole rings is 1. The lowest BCUT2D eigenvalue weighted by atomic mass is 9.91. The third-order valence-electron chi connectivity index (χ3n) is 4.81. The molecule has 1 aromatic heterocycles. The Labute approximate surface area is 172 Å². The number of fused-ring (bicyclic) bond motifs is 1. The molecule has 0 saturated heterocycles. The van der Waals surface area contributed by atoms with Crippen LogP contribution in [0.2, 0.25) is 0 Å². The Bertz CT molecular complexity index is 1160. The van der Waals surface area contributed by atoms with Crippen LogP contribution in [0.4, 0.5) is 4.39 Å². The molecule has 1 amide bonds. The van der Waals surface area contributed by atoms with E-state index in [-0.39, 0.29) is 11.7 Å². The molecule has 3 aromatic carbocycles. The molecule has 0 N–H and O–H groups in total. The predicted molar refractivity (Wildman–Crippen MR) is 115 cm³/mol. The zero-order valence-corrected chi connectivity index (χ0v) is 16.9. The molecule has 0 bridgehead atoms. The molecular weight excluding hydrogens is 383 g/mol. The van der Waals surface area contributed by atoms with E-state index in [9.17, 15) is 9.18 Å².